The van der Waals surface area contributed by atoms with Gasteiger partial charge in [0.05, 0.1) is 6.54 Å². The largest absolute Gasteiger partial charge is 0.370 e. The second kappa shape index (κ2) is 10.1. The smallest absolute Gasteiger partial charge is 0.188 e. The number of unbranched alkanes of at least 4 members (excludes halogenated alkanes) is 3. The van der Waals surface area contributed by atoms with Crippen LogP contribution in [0.15, 0.2) is 23.3 Å². The molecule has 0 saturated carbocycles. The molecule has 1 aliphatic heterocycles. The fourth-order valence-electron chi connectivity index (χ4n) is 2.86. The van der Waals surface area contributed by atoms with E-state index in [1.54, 1.807) is 0 Å². The highest BCUT2D eigenvalue weighted by Gasteiger charge is 2.12. The van der Waals surface area contributed by atoms with Gasteiger partial charge in [-0.1, -0.05) is 26.2 Å². The van der Waals surface area contributed by atoms with Crippen LogP contribution in [0.4, 0.5) is 5.82 Å². The molecule has 0 bridgehead atoms. The number of anilines is 1. The van der Waals surface area contributed by atoms with Gasteiger partial charge in [-0.2, -0.15) is 0 Å². The van der Waals surface area contributed by atoms with E-state index in [2.05, 4.69) is 33.2 Å². The average Bonchev–Trinajstić information content (AvgIpc) is 2.61. The number of pyridine rings is 1. The topological polar surface area (TPSA) is 66.5 Å². The number of hydrogen-bond acceptors (Lipinski definition) is 3. The van der Waals surface area contributed by atoms with Crippen LogP contribution in [-0.2, 0) is 6.54 Å². The molecule has 5 nitrogen and oxygen atoms in total. The summed E-state index contributed by atoms with van der Waals surface area (Å²) in [5, 5.41) is 3.19. The van der Waals surface area contributed by atoms with E-state index in [1.165, 1.54) is 38.5 Å². The van der Waals surface area contributed by atoms with Crippen molar-refractivity contribution in [3.05, 3.63) is 23.9 Å². The molecule has 1 aromatic heterocycles. The van der Waals surface area contributed by atoms with Crippen molar-refractivity contribution in [2.24, 2.45) is 10.7 Å². The molecule has 1 aromatic rings. The first-order chi connectivity index (χ1) is 11.3. The first kappa shape index (κ1) is 17.6. The highest BCUT2D eigenvalue weighted by molar-refractivity contribution is 5.77. The second-order valence-electron chi connectivity index (χ2n) is 6.26. The Morgan fingerprint density at radius 3 is 2.87 bits per heavy atom. The molecule has 0 spiro atoms. The molecule has 23 heavy (non-hydrogen) atoms. The Morgan fingerprint density at radius 1 is 1.26 bits per heavy atom. The minimum atomic E-state index is 0.540. The Labute approximate surface area is 140 Å². The van der Waals surface area contributed by atoms with Crippen LogP contribution in [0.5, 0.6) is 0 Å². The molecule has 1 aliphatic rings. The Kier molecular flexibility index (Phi) is 7.70. The molecule has 0 radical (unpaired) electrons. The molecular formula is C18H31N5. The summed E-state index contributed by atoms with van der Waals surface area (Å²) in [5.41, 5.74) is 7.09. The van der Waals surface area contributed by atoms with Crippen molar-refractivity contribution < 1.29 is 0 Å². The summed E-state index contributed by atoms with van der Waals surface area (Å²) >= 11 is 0. The molecule has 2 heterocycles. The van der Waals surface area contributed by atoms with Crippen LogP contribution < -0.4 is 16.0 Å². The molecule has 0 amide bonds. The van der Waals surface area contributed by atoms with Crippen LogP contribution in [0.3, 0.4) is 0 Å². The average molecular weight is 317 g/mol. The lowest BCUT2D eigenvalue weighted by Gasteiger charge is -2.27. The lowest BCUT2D eigenvalue weighted by Crippen LogP contribution is -2.32. The van der Waals surface area contributed by atoms with Crippen molar-refractivity contribution in [1.29, 1.82) is 0 Å². The summed E-state index contributed by atoms with van der Waals surface area (Å²) in [6, 6.07) is 4.16. The third-order valence-corrected chi connectivity index (χ3v) is 4.26. The lowest BCUT2D eigenvalue weighted by molar-refractivity contribution is 0.573. The third-order valence-electron chi connectivity index (χ3n) is 4.26. The number of piperidine rings is 1. The van der Waals surface area contributed by atoms with E-state index in [0.717, 1.165) is 37.4 Å². The maximum atomic E-state index is 5.93. The Balaban J connectivity index is 1.79. The van der Waals surface area contributed by atoms with Crippen molar-refractivity contribution in [1.82, 2.24) is 10.3 Å². The molecule has 2 rings (SSSR count). The second-order valence-corrected chi connectivity index (χ2v) is 6.26. The summed E-state index contributed by atoms with van der Waals surface area (Å²) < 4.78 is 0. The molecule has 0 aromatic carbocycles. The number of hydrogen-bond donors (Lipinski definition) is 2. The summed E-state index contributed by atoms with van der Waals surface area (Å²) in [6.45, 7) is 5.96. The maximum Gasteiger partial charge on any atom is 0.188 e. The minimum Gasteiger partial charge on any atom is -0.370 e. The molecule has 0 unspecified atom stereocenters. The molecule has 1 fully saturated rings. The quantitative estimate of drug-likeness (QED) is 0.439. The minimum absolute atomic E-state index is 0.540. The third kappa shape index (κ3) is 6.47. The van der Waals surface area contributed by atoms with Gasteiger partial charge in [-0.3, -0.25) is 0 Å². The van der Waals surface area contributed by atoms with Crippen molar-refractivity contribution in [3.8, 4) is 0 Å². The Hall–Kier alpha value is -1.78. The number of nitrogens with one attached hydrogen (secondary N) is 1. The van der Waals surface area contributed by atoms with Gasteiger partial charge >= 0.3 is 0 Å². The van der Waals surface area contributed by atoms with E-state index in [0.29, 0.717) is 12.5 Å². The Bertz CT molecular complexity index is 480. The van der Waals surface area contributed by atoms with Crippen LogP contribution in [0.2, 0.25) is 0 Å². The van der Waals surface area contributed by atoms with Gasteiger partial charge in [0.25, 0.3) is 0 Å². The van der Waals surface area contributed by atoms with Crippen LogP contribution in [-0.4, -0.2) is 30.6 Å². The van der Waals surface area contributed by atoms with Gasteiger partial charge in [0.1, 0.15) is 5.82 Å². The summed E-state index contributed by atoms with van der Waals surface area (Å²) in [5.74, 6) is 1.61. The molecular weight excluding hydrogens is 286 g/mol. The van der Waals surface area contributed by atoms with Gasteiger partial charge in [0.2, 0.25) is 0 Å². The van der Waals surface area contributed by atoms with E-state index in [4.69, 9.17) is 5.73 Å². The zero-order chi connectivity index (χ0) is 16.3. The highest BCUT2D eigenvalue weighted by atomic mass is 15.2. The van der Waals surface area contributed by atoms with E-state index >= 15 is 0 Å². The van der Waals surface area contributed by atoms with E-state index in [-0.39, 0.29) is 0 Å². The zero-order valence-electron chi connectivity index (χ0n) is 14.4. The molecule has 3 N–H and O–H groups in total. The summed E-state index contributed by atoms with van der Waals surface area (Å²) in [6.07, 6.45) is 10.7. The first-order valence-electron chi connectivity index (χ1n) is 9.03. The standard InChI is InChI=1S/C18H31N5/c1-2-3-4-6-10-21-18(19)22-15-16-9-11-20-17(14-16)23-12-7-5-8-13-23/h9,11,14H,2-8,10,12-13,15H2,1H3,(H3,19,21,22). The number of nitrogens with two attached hydrogens (primary N) is 1. The molecule has 0 atom stereocenters. The van der Waals surface area contributed by atoms with Gasteiger partial charge in [-0.25, -0.2) is 9.98 Å². The van der Waals surface area contributed by atoms with Crippen LogP contribution in [0.1, 0.15) is 57.4 Å². The van der Waals surface area contributed by atoms with Gasteiger partial charge < -0.3 is 16.0 Å². The maximum absolute atomic E-state index is 5.93. The van der Waals surface area contributed by atoms with Gasteiger partial charge in [-0.15, -0.1) is 0 Å². The van der Waals surface area contributed by atoms with Crippen LogP contribution in [0, 0.1) is 0 Å². The van der Waals surface area contributed by atoms with Gasteiger partial charge in [-0.05, 0) is 43.4 Å². The van der Waals surface area contributed by atoms with Crippen molar-refractivity contribution in [2.45, 2.75) is 58.4 Å². The van der Waals surface area contributed by atoms with E-state index < -0.39 is 0 Å². The van der Waals surface area contributed by atoms with Crippen LogP contribution in [0.25, 0.3) is 0 Å². The number of guanidine groups is 1. The number of aromatic nitrogens is 1. The van der Waals surface area contributed by atoms with Gasteiger partial charge in [0, 0.05) is 25.8 Å². The SMILES string of the molecule is CCCCCCNC(N)=NCc1ccnc(N2CCCCC2)c1. The van der Waals surface area contributed by atoms with Crippen LogP contribution >= 0.6 is 0 Å². The fourth-order valence-corrected chi connectivity index (χ4v) is 2.86. The first-order valence-corrected chi connectivity index (χ1v) is 9.03. The molecule has 1 saturated heterocycles. The summed E-state index contributed by atoms with van der Waals surface area (Å²) in [7, 11) is 0. The monoisotopic (exact) mass is 317 g/mol. The highest BCUT2D eigenvalue weighted by Crippen LogP contribution is 2.18. The molecule has 0 aliphatic carbocycles. The van der Waals surface area contributed by atoms with Crippen molar-refractivity contribution in [2.75, 3.05) is 24.5 Å². The fraction of sp³-hybridized carbons (Fsp3) is 0.667. The predicted molar refractivity (Wildman–Crippen MR) is 97.8 cm³/mol. The Morgan fingerprint density at radius 2 is 2.09 bits per heavy atom. The lowest BCUT2D eigenvalue weighted by atomic mass is 10.1. The summed E-state index contributed by atoms with van der Waals surface area (Å²) in [4.78, 5) is 11.3. The normalized spacial score (nSPS) is 15.7. The van der Waals surface area contributed by atoms with Gasteiger partial charge in [0.15, 0.2) is 5.96 Å². The van der Waals surface area contributed by atoms with E-state index in [1.807, 2.05) is 12.3 Å². The van der Waals surface area contributed by atoms with Crippen molar-refractivity contribution in [3.63, 3.8) is 0 Å². The number of nitrogens with zero attached hydrogens (tertiary/aromatic N) is 3. The molecule has 128 valence electrons. The number of aliphatic imine (C=N–C) groups is 1. The predicted octanol–water partition coefficient (Wildman–Crippen LogP) is 3.06. The van der Waals surface area contributed by atoms with Crippen molar-refractivity contribution >= 4 is 11.8 Å². The zero-order valence-corrected chi connectivity index (χ0v) is 14.4. The van der Waals surface area contributed by atoms with E-state index in [9.17, 15) is 0 Å². The molecule has 5 heteroatoms. The number of rotatable bonds is 8.